The van der Waals surface area contributed by atoms with Gasteiger partial charge in [-0.2, -0.15) is 0 Å². The molecule has 1 saturated heterocycles. The van der Waals surface area contributed by atoms with Crippen molar-refractivity contribution >= 4 is 0 Å². The van der Waals surface area contributed by atoms with E-state index in [0.717, 1.165) is 45.0 Å². The van der Waals surface area contributed by atoms with Gasteiger partial charge < -0.3 is 5.32 Å². The summed E-state index contributed by atoms with van der Waals surface area (Å²) in [5, 5.41) is 3.45. The lowest BCUT2D eigenvalue weighted by atomic mass is 9.98. The average Bonchev–Trinajstić information content (AvgIpc) is 2.63. The molecule has 5 heteroatoms. The summed E-state index contributed by atoms with van der Waals surface area (Å²) in [7, 11) is 0. The Balaban J connectivity index is 1.45. The average molecular weight is 309 g/mol. The van der Waals surface area contributed by atoms with Gasteiger partial charge >= 0.3 is 0 Å². The molecule has 2 aliphatic heterocycles. The van der Waals surface area contributed by atoms with E-state index in [1.54, 1.807) is 0 Å². The van der Waals surface area contributed by atoms with Gasteiger partial charge in [0.05, 0.1) is 0 Å². The second-order valence-corrected chi connectivity index (χ2v) is 6.56. The van der Waals surface area contributed by atoms with Crippen LogP contribution in [0.15, 0.2) is 30.7 Å². The standard InChI is InChI=1S/C18H23N5/c1-2-15(10-20-6-1)18-21-11-16-13-23(9-5-17(16)22-18)12-14-3-7-19-8-4-14/h3-4,7-8,11,15,20H,1-2,5-6,9-10,12-13H2. The molecule has 1 fully saturated rings. The zero-order valence-electron chi connectivity index (χ0n) is 13.4. The van der Waals surface area contributed by atoms with Crippen molar-refractivity contribution in [2.24, 2.45) is 0 Å². The summed E-state index contributed by atoms with van der Waals surface area (Å²) in [4.78, 5) is 16.1. The molecule has 5 nitrogen and oxygen atoms in total. The monoisotopic (exact) mass is 309 g/mol. The highest BCUT2D eigenvalue weighted by Gasteiger charge is 2.22. The lowest BCUT2D eigenvalue weighted by Gasteiger charge is -2.29. The van der Waals surface area contributed by atoms with E-state index in [-0.39, 0.29) is 0 Å². The van der Waals surface area contributed by atoms with Crippen molar-refractivity contribution in [3.63, 3.8) is 0 Å². The van der Waals surface area contributed by atoms with E-state index in [1.807, 2.05) is 12.4 Å². The zero-order chi connectivity index (χ0) is 15.5. The molecule has 120 valence electrons. The maximum Gasteiger partial charge on any atom is 0.132 e. The number of nitrogens with zero attached hydrogens (tertiary/aromatic N) is 4. The van der Waals surface area contributed by atoms with Crippen molar-refractivity contribution in [1.29, 1.82) is 0 Å². The molecule has 4 heterocycles. The number of pyridine rings is 1. The number of hydrogen-bond donors (Lipinski definition) is 1. The minimum absolute atomic E-state index is 0.490. The van der Waals surface area contributed by atoms with E-state index >= 15 is 0 Å². The van der Waals surface area contributed by atoms with E-state index in [4.69, 9.17) is 4.98 Å². The lowest BCUT2D eigenvalue weighted by Crippen LogP contribution is -2.32. The highest BCUT2D eigenvalue weighted by Crippen LogP contribution is 2.23. The molecule has 23 heavy (non-hydrogen) atoms. The third-order valence-corrected chi connectivity index (χ3v) is 4.85. The Morgan fingerprint density at radius 1 is 1.26 bits per heavy atom. The second-order valence-electron chi connectivity index (χ2n) is 6.56. The van der Waals surface area contributed by atoms with Crippen molar-refractivity contribution in [3.05, 3.63) is 53.4 Å². The topological polar surface area (TPSA) is 53.9 Å². The Hall–Kier alpha value is -1.85. The summed E-state index contributed by atoms with van der Waals surface area (Å²) in [6.07, 6.45) is 9.24. The summed E-state index contributed by atoms with van der Waals surface area (Å²) in [6.45, 7) is 5.13. The van der Waals surface area contributed by atoms with Crippen LogP contribution in [0.1, 0.15) is 41.4 Å². The van der Waals surface area contributed by atoms with Gasteiger partial charge in [-0.1, -0.05) is 0 Å². The molecule has 4 rings (SSSR count). The predicted octanol–water partition coefficient (Wildman–Crippen LogP) is 1.90. The van der Waals surface area contributed by atoms with Crippen LogP contribution in [0.4, 0.5) is 0 Å². The Kier molecular flexibility index (Phi) is 4.30. The van der Waals surface area contributed by atoms with Gasteiger partial charge in [0, 0.05) is 68.4 Å². The molecular formula is C18H23N5. The third-order valence-electron chi connectivity index (χ3n) is 4.85. The largest absolute Gasteiger partial charge is 0.316 e. The SMILES string of the molecule is c1cc(CN2CCc3nc(C4CCCNC4)ncc3C2)ccn1. The van der Waals surface area contributed by atoms with E-state index in [9.17, 15) is 0 Å². The van der Waals surface area contributed by atoms with E-state index < -0.39 is 0 Å². The first kappa shape index (κ1) is 14.7. The van der Waals surface area contributed by atoms with Crippen molar-refractivity contribution in [2.75, 3.05) is 19.6 Å². The molecule has 1 atom stereocenters. The van der Waals surface area contributed by atoms with Crippen molar-refractivity contribution < 1.29 is 0 Å². The van der Waals surface area contributed by atoms with Crippen LogP contribution in [-0.4, -0.2) is 39.5 Å². The van der Waals surface area contributed by atoms with Crippen LogP contribution in [0.2, 0.25) is 0 Å². The van der Waals surface area contributed by atoms with Gasteiger partial charge in [-0.05, 0) is 37.1 Å². The summed E-state index contributed by atoms with van der Waals surface area (Å²) >= 11 is 0. The highest BCUT2D eigenvalue weighted by atomic mass is 15.1. The van der Waals surface area contributed by atoms with E-state index in [0.29, 0.717) is 5.92 Å². The Morgan fingerprint density at radius 3 is 3.00 bits per heavy atom. The van der Waals surface area contributed by atoms with Crippen LogP contribution < -0.4 is 5.32 Å². The second kappa shape index (κ2) is 6.72. The Bertz CT molecular complexity index is 652. The molecule has 1 N–H and O–H groups in total. The maximum atomic E-state index is 4.89. The van der Waals surface area contributed by atoms with Crippen molar-refractivity contribution in [2.45, 2.75) is 38.3 Å². The molecule has 1 unspecified atom stereocenters. The first-order valence-electron chi connectivity index (χ1n) is 8.55. The molecule has 2 aliphatic rings. The fourth-order valence-electron chi connectivity index (χ4n) is 3.54. The maximum absolute atomic E-state index is 4.89. The molecule has 0 spiro atoms. The van der Waals surface area contributed by atoms with Crippen LogP contribution in [0.3, 0.4) is 0 Å². The third kappa shape index (κ3) is 3.41. The Morgan fingerprint density at radius 2 is 2.17 bits per heavy atom. The van der Waals surface area contributed by atoms with Crippen LogP contribution in [0.25, 0.3) is 0 Å². The van der Waals surface area contributed by atoms with Crippen LogP contribution >= 0.6 is 0 Å². The van der Waals surface area contributed by atoms with Crippen molar-refractivity contribution in [1.82, 2.24) is 25.2 Å². The van der Waals surface area contributed by atoms with Gasteiger partial charge in [-0.15, -0.1) is 0 Å². The first-order chi connectivity index (χ1) is 11.4. The number of hydrogen-bond acceptors (Lipinski definition) is 5. The Labute approximate surface area is 137 Å². The van der Waals surface area contributed by atoms with Crippen LogP contribution in [0.5, 0.6) is 0 Å². The summed E-state index contributed by atoms with van der Waals surface area (Å²) in [6, 6.07) is 4.18. The highest BCUT2D eigenvalue weighted by molar-refractivity contribution is 5.22. The summed E-state index contributed by atoms with van der Waals surface area (Å²) in [5.41, 5.74) is 3.86. The molecule has 0 aromatic carbocycles. The first-order valence-corrected chi connectivity index (χ1v) is 8.55. The fourth-order valence-corrected chi connectivity index (χ4v) is 3.54. The molecule has 2 aromatic heterocycles. The summed E-state index contributed by atoms with van der Waals surface area (Å²) in [5.74, 6) is 1.53. The van der Waals surface area contributed by atoms with Crippen molar-refractivity contribution in [3.8, 4) is 0 Å². The predicted molar refractivity (Wildman–Crippen MR) is 88.9 cm³/mol. The molecular weight excluding hydrogens is 286 g/mol. The molecule has 2 aromatic rings. The van der Waals surface area contributed by atoms with Gasteiger partial charge in [0.15, 0.2) is 0 Å². The van der Waals surface area contributed by atoms with Gasteiger partial charge in [0.2, 0.25) is 0 Å². The normalized spacial score (nSPS) is 21.8. The molecule has 0 radical (unpaired) electrons. The van der Waals surface area contributed by atoms with Crippen LogP contribution in [0, 0.1) is 0 Å². The zero-order valence-corrected chi connectivity index (χ0v) is 13.4. The molecule has 0 bridgehead atoms. The van der Waals surface area contributed by atoms with Gasteiger partial charge in [-0.25, -0.2) is 9.97 Å². The fraction of sp³-hybridized carbons (Fsp3) is 0.500. The van der Waals surface area contributed by atoms with E-state index in [2.05, 4.69) is 38.5 Å². The van der Waals surface area contributed by atoms with Gasteiger partial charge in [0.1, 0.15) is 5.82 Å². The molecule has 0 amide bonds. The minimum atomic E-state index is 0.490. The molecule has 0 saturated carbocycles. The number of fused-ring (bicyclic) bond motifs is 1. The van der Waals surface area contributed by atoms with Gasteiger partial charge in [-0.3, -0.25) is 9.88 Å². The smallest absolute Gasteiger partial charge is 0.132 e. The van der Waals surface area contributed by atoms with Gasteiger partial charge in [0.25, 0.3) is 0 Å². The number of rotatable bonds is 3. The van der Waals surface area contributed by atoms with Crippen LogP contribution in [-0.2, 0) is 19.5 Å². The number of aromatic nitrogens is 3. The minimum Gasteiger partial charge on any atom is -0.316 e. The lowest BCUT2D eigenvalue weighted by molar-refractivity contribution is 0.242. The number of piperidine rings is 1. The molecule has 0 aliphatic carbocycles. The van der Waals surface area contributed by atoms with E-state index in [1.165, 1.54) is 29.7 Å². The quantitative estimate of drug-likeness (QED) is 0.938. The number of nitrogens with one attached hydrogen (secondary N) is 1. The summed E-state index contributed by atoms with van der Waals surface area (Å²) < 4.78 is 0.